The summed E-state index contributed by atoms with van der Waals surface area (Å²) in [6.45, 7) is 1.41. The maximum absolute atomic E-state index is 14.5. The summed E-state index contributed by atoms with van der Waals surface area (Å²) in [7, 11) is 1.37. The van der Waals surface area contributed by atoms with E-state index in [-0.39, 0.29) is 47.1 Å². The molecule has 47 heavy (non-hydrogen) atoms. The third kappa shape index (κ3) is 4.17. The summed E-state index contributed by atoms with van der Waals surface area (Å²) < 4.78 is 19.5. The zero-order valence-corrected chi connectivity index (χ0v) is 26.6. The van der Waals surface area contributed by atoms with Gasteiger partial charge in [0.1, 0.15) is 17.3 Å². The lowest BCUT2D eigenvalue weighted by molar-refractivity contribution is -0.125. The molecule has 240 valence electrons. The molecule has 1 N–H and O–H groups in total. The number of rotatable bonds is 5. The highest BCUT2D eigenvalue weighted by molar-refractivity contribution is 6.58. The van der Waals surface area contributed by atoms with Gasteiger partial charge in [0.05, 0.1) is 30.3 Å². The Kier molecular flexibility index (Phi) is 7.11. The minimum atomic E-state index is -2.23. The van der Waals surface area contributed by atoms with Gasteiger partial charge in [0.15, 0.2) is 15.5 Å². The van der Waals surface area contributed by atoms with Crippen molar-refractivity contribution in [3.8, 4) is 11.5 Å². The van der Waals surface area contributed by atoms with Gasteiger partial charge in [-0.3, -0.25) is 28.9 Å². The molecular formula is C35H27Cl2FN2O7. The standard InChI is InChI=1S/C35H27Cl2FN2O7/c1-17(41)18-6-10-20(11-7-18)39-30(43)23-15-14-22-24(27(23)31(39)44)16-34(36)32(45)40(21-12-8-19(38)9-13-21)33(46)35(34,37)29(22)28-25(42)4-3-5-26(28)47-2/h3-14,23-24,27,29,42H,15-16H2,1-2H3/t23-,24+,27-,29+,34+,35-/m0/s1. The first kappa shape index (κ1) is 31.1. The number of hydrogen-bond donors (Lipinski definition) is 1. The third-order valence-corrected chi connectivity index (χ3v) is 11.4. The summed E-state index contributed by atoms with van der Waals surface area (Å²) in [5.41, 5.74) is 1.31. The Hall–Kier alpha value is -4.54. The van der Waals surface area contributed by atoms with Crippen LogP contribution in [0.3, 0.4) is 0 Å². The van der Waals surface area contributed by atoms with Crippen LogP contribution in [0.25, 0.3) is 0 Å². The molecule has 2 saturated heterocycles. The molecule has 4 amide bonds. The number of anilines is 2. The van der Waals surface area contributed by atoms with Gasteiger partial charge in [-0.25, -0.2) is 9.29 Å². The Labute approximate surface area is 278 Å². The number of phenols is 1. The molecule has 3 aromatic rings. The largest absolute Gasteiger partial charge is 0.508 e. The monoisotopic (exact) mass is 676 g/mol. The van der Waals surface area contributed by atoms with E-state index in [9.17, 15) is 33.5 Å². The summed E-state index contributed by atoms with van der Waals surface area (Å²) in [5.74, 6) is -7.51. The predicted molar refractivity (Wildman–Crippen MR) is 170 cm³/mol. The molecule has 12 heteroatoms. The van der Waals surface area contributed by atoms with Crippen LogP contribution in [0.2, 0.25) is 0 Å². The van der Waals surface area contributed by atoms with Crippen molar-refractivity contribution in [3.63, 3.8) is 0 Å². The number of alkyl halides is 2. The Bertz CT molecular complexity index is 1930. The van der Waals surface area contributed by atoms with Crippen molar-refractivity contribution in [2.75, 3.05) is 16.9 Å². The van der Waals surface area contributed by atoms with Crippen molar-refractivity contribution in [1.82, 2.24) is 0 Å². The highest BCUT2D eigenvalue weighted by Crippen LogP contribution is 2.67. The lowest BCUT2D eigenvalue weighted by Crippen LogP contribution is -2.60. The number of ketones is 1. The SMILES string of the molecule is COc1cccc(O)c1[C@H]1C2=CC[C@@H]3C(=O)N(c4ccc(C(C)=O)cc4)C(=O)[C@@H]3[C@@H]2C[C@@]2(Cl)C(=O)N(c3ccc(F)cc3)C(=O)[C@@]12Cl. The quantitative estimate of drug-likeness (QED) is 0.164. The van der Waals surface area contributed by atoms with Gasteiger partial charge in [-0.2, -0.15) is 0 Å². The number of halogens is 3. The molecule has 0 radical (unpaired) electrons. The average molecular weight is 678 g/mol. The maximum Gasteiger partial charge on any atom is 0.258 e. The predicted octanol–water partition coefficient (Wildman–Crippen LogP) is 5.51. The molecule has 1 saturated carbocycles. The number of amides is 4. The lowest BCUT2D eigenvalue weighted by Gasteiger charge is -2.50. The number of carbonyl (C=O) groups excluding carboxylic acids is 5. The van der Waals surface area contributed by atoms with Crippen molar-refractivity contribution in [1.29, 1.82) is 0 Å². The van der Waals surface area contributed by atoms with Gasteiger partial charge >= 0.3 is 0 Å². The fourth-order valence-electron chi connectivity index (χ4n) is 7.82. The number of fused-ring (bicyclic) bond motifs is 4. The van der Waals surface area contributed by atoms with E-state index >= 15 is 0 Å². The van der Waals surface area contributed by atoms with E-state index < -0.39 is 62.9 Å². The van der Waals surface area contributed by atoms with Crippen molar-refractivity contribution >= 4 is 64.0 Å². The Morgan fingerprint density at radius 1 is 0.894 bits per heavy atom. The molecule has 9 nitrogen and oxygen atoms in total. The molecule has 2 aliphatic carbocycles. The van der Waals surface area contributed by atoms with E-state index in [4.69, 9.17) is 27.9 Å². The number of hydrogen-bond acceptors (Lipinski definition) is 7. The van der Waals surface area contributed by atoms with Crippen molar-refractivity contribution in [2.24, 2.45) is 17.8 Å². The van der Waals surface area contributed by atoms with Gasteiger partial charge in [0.2, 0.25) is 11.8 Å². The van der Waals surface area contributed by atoms with Gasteiger partial charge < -0.3 is 9.84 Å². The van der Waals surface area contributed by atoms with Crippen molar-refractivity contribution < 1.29 is 38.2 Å². The van der Waals surface area contributed by atoms with E-state index in [1.165, 1.54) is 56.5 Å². The zero-order valence-electron chi connectivity index (χ0n) is 25.1. The number of allylic oxidation sites excluding steroid dienone is 2. The number of ether oxygens (including phenoxy) is 1. The summed E-state index contributed by atoms with van der Waals surface area (Å²) >= 11 is 14.7. The Balaban J connectivity index is 1.40. The van der Waals surface area contributed by atoms with Gasteiger partial charge in [-0.05, 0) is 86.3 Å². The highest BCUT2D eigenvalue weighted by Gasteiger charge is 2.77. The van der Waals surface area contributed by atoms with Gasteiger partial charge in [0.25, 0.3) is 11.8 Å². The number of carbonyl (C=O) groups is 5. The van der Waals surface area contributed by atoms with Crippen LogP contribution < -0.4 is 14.5 Å². The number of methoxy groups -OCH3 is 1. The van der Waals surface area contributed by atoms with E-state index in [0.717, 1.165) is 21.9 Å². The number of Topliss-reactive ketones (excluding diaryl/α,β-unsaturated/α-hetero) is 1. The average Bonchev–Trinajstić information content (AvgIpc) is 3.39. The second-order valence-corrected chi connectivity index (χ2v) is 13.5. The number of nitrogens with zero attached hydrogens (tertiary/aromatic N) is 2. The molecule has 3 aromatic carbocycles. The molecule has 0 unspecified atom stereocenters. The van der Waals surface area contributed by atoms with Crippen LogP contribution in [0.1, 0.15) is 41.6 Å². The van der Waals surface area contributed by atoms with Crippen LogP contribution in [0.5, 0.6) is 11.5 Å². The van der Waals surface area contributed by atoms with Crippen LogP contribution in [-0.4, -0.2) is 51.4 Å². The summed E-state index contributed by atoms with van der Waals surface area (Å²) in [6.07, 6.45) is 1.58. The van der Waals surface area contributed by atoms with Crippen LogP contribution in [0.15, 0.2) is 78.4 Å². The second kappa shape index (κ2) is 10.7. The first-order valence-corrected chi connectivity index (χ1v) is 15.7. The van der Waals surface area contributed by atoms with Crippen LogP contribution in [0.4, 0.5) is 15.8 Å². The highest BCUT2D eigenvalue weighted by atomic mass is 35.5. The maximum atomic E-state index is 14.5. The second-order valence-electron chi connectivity index (χ2n) is 12.3. The van der Waals surface area contributed by atoms with Gasteiger partial charge in [-0.1, -0.05) is 17.7 Å². The van der Waals surface area contributed by atoms with Crippen LogP contribution in [0, 0.1) is 23.6 Å². The molecule has 0 aromatic heterocycles. The van der Waals surface area contributed by atoms with Crippen LogP contribution in [-0.2, 0) is 19.2 Å². The molecule has 0 spiro atoms. The molecule has 2 heterocycles. The van der Waals surface area contributed by atoms with Gasteiger partial charge in [-0.15, -0.1) is 23.2 Å². The van der Waals surface area contributed by atoms with E-state index in [1.807, 2.05) is 0 Å². The van der Waals surface area contributed by atoms with Crippen molar-refractivity contribution in [3.05, 3.63) is 95.3 Å². The fourth-order valence-corrected chi connectivity index (χ4v) is 8.73. The Morgan fingerprint density at radius 3 is 2.17 bits per heavy atom. The molecular weight excluding hydrogens is 650 g/mol. The molecule has 4 aliphatic rings. The topological polar surface area (TPSA) is 121 Å². The summed E-state index contributed by atoms with van der Waals surface area (Å²) in [5, 5.41) is 11.3. The molecule has 3 fully saturated rings. The summed E-state index contributed by atoms with van der Waals surface area (Å²) in [4.78, 5) is 66.3. The number of imide groups is 2. The number of phenolic OH excluding ortho intramolecular Hbond substituents is 1. The smallest absolute Gasteiger partial charge is 0.258 e. The number of aromatic hydroxyl groups is 1. The third-order valence-electron chi connectivity index (χ3n) is 9.98. The Morgan fingerprint density at radius 2 is 1.53 bits per heavy atom. The summed E-state index contributed by atoms with van der Waals surface area (Å²) in [6, 6.07) is 15.3. The normalized spacial score (nSPS) is 29.8. The van der Waals surface area contributed by atoms with Gasteiger partial charge in [0, 0.05) is 17.0 Å². The first-order valence-electron chi connectivity index (χ1n) is 14.9. The molecule has 0 bridgehead atoms. The minimum absolute atomic E-state index is 0.0426. The minimum Gasteiger partial charge on any atom is -0.508 e. The molecule has 2 aliphatic heterocycles. The fraction of sp³-hybridized carbons (Fsp3) is 0.286. The van der Waals surface area contributed by atoms with E-state index in [0.29, 0.717) is 11.1 Å². The van der Waals surface area contributed by atoms with Crippen LogP contribution >= 0.6 is 23.2 Å². The molecule has 6 atom stereocenters. The first-order chi connectivity index (χ1) is 22.3. The lowest BCUT2D eigenvalue weighted by atomic mass is 9.56. The zero-order chi connectivity index (χ0) is 33.6. The van der Waals surface area contributed by atoms with E-state index in [1.54, 1.807) is 18.2 Å². The van der Waals surface area contributed by atoms with E-state index in [2.05, 4.69) is 0 Å². The molecule has 7 rings (SSSR count). The van der Waals surface area contributed by atoms with Crippen molar-refractivity contribution in [2.45, 2.75) is 35.4 Å². The number of benzene rings is 3.